The minimum absolute atomic E-state index is 0.00741. The number of nitrogens with zero attached hydrogens (tertiary/aromatic N) is 2. The van der Waals surface area contributed by atoms with Crippen LogP contribution in [0.5, 0.6) is 11.5 Å². The van der Waals surface area contributed by atoms with E-state index in [1.54, 1.807) is 32.4 Å². The molecular formula is C24H30N4O6. The number of rotatable bonds is 11. The van der Waals surface area contributed by atoms with Gasteiger partial charge in [-0.1, -0.05) is 13.3 Å². The van der Waals surface area contributed by atoms with E-state index in [-0.39, 0.29) is 30.4 Å². The predicted molar refractivity (Wildman–Crippen MR) is 128 cm³/mol. The minimum atomic E-state index is -0.724. The molecule has 0 saturated heterocycles. The summed E-state index contributed by atoms with van der Waals surface area (Å²) in [7, 11) is 3.11. The van der Waals surface area contributed by atoms with Gasteiger partial charge in [0.25, 0.3) is 5.56 Å². The Balaban J connectivity index is 1.95. The zero-order chi connectivity index (χ0) is 24.7. The maximum atomic E-state index is 13.4. The molecule has 2 aromatic heterocycles. The summed E-state index contributed by atoms with van der Waals surface area (Å²) < 4.78 is 17.3. The van der Waals surface area contributed by atoms with E-state index in [0.717, 1.165) is 12.0 Å². The molecule has 3 aromatic rings. The molecule has 1 aromatic carbocycles. The molecule has 10 nitrogen and oxygen atoms in total. The van der Waals surface area contributed by atoms with E-state index < -0.39 is 11.2 Å². The number of carbonyl (C=O) groups is 1. The molecule has 0 aliphatic rings. The van der Waals surface area contributed by atoms with Gasteiger partial charge in [0.1, 0.15) is 23.1 Å². The molecule has 3 N–H and O–H groups in total. The number of hydrogen-bond acceptors (Lipinski definition) is 7. The number of aromatic nitrogens is 2. The quantitative estimate of drug-likeness (QED) is 0.440. The van der Waals surface area contributed by atoms with E-state index in [9.17, 15) is 14.4 Å². The highest BCUT2D eigenvalue weighted by molar-refractivity contribution is 5.95. The topological polar surface area (TPSA) is 133 Å². The Morgan fingerprint density at radius 2 is 1.88 bits per heavy atom. The summed E-state index contributed by atoms with van der Waals surface area (Å²) in [5, 5.41) is 0. The third-order valence-corrected chi connectivity index (χ3v) is 5.45. The fraction of sp³-hybridized carbons (Fsp3) is 0.375. The highest BCUT2D eigenvalue weighted by Gasteiger charge is 2.25. The largest absolute Gasteiger partial charge is 0.497 e. The van der Waals surface area contributed by atoms with E-state index in [2.05, 4.69) is 4.98 Å². The SMILES string of the molecule is CCCCn1c(N)c(N(Cc2ccco2)C(=O)CCc2cc(OC)cc(OC)c2)c(=O)[nH]c1=O. The molecule has 0 saturated carbocycles. The second kappa shape index (κ2) is 11.3. The van der Waals surface area contributed by atoms with Crippen LogP contribution in [0.1, 0.15) is 37.5 Å². The van der Waals surface area contributed by atoms with Crippen molar-refractivity contribution < 1.29 is 18.7 Å². The Kier molecular flexibility index (Phi) is 8.18. The van der Waals surface area contributed by atoms with Crippen LogP contribution in [0, 0.1) is 0 Å². The summed E-state index contributed by atoms with van der Waals surface area (Å²) in [6.45, 7) is 2.30. The first kappa shape index (κ1) is 24.7. The molecule has 0 atom stereocenters. The van der Waals surface area contributed by atoms with Crippen LogP contribution >= 0.6 is 0 Å². The Bertz CT molecular complexity index is 1210. The number of unbranched alkanes of at least 4 members (excludes halogenated alkanes) is 1. The number of hydrogen-bond donors (Lipinski definition) is 2. The molecule has 1 amide bonds. The van der Waals surface area contributed by atoms with E-state index >= 15 is 0 Å². The van der Waals surface area contributed by atoms with Gasteiger partial charge in [0.2, 0.25) is 5.91 Å². The number of benzene rings is 1. The fourth-order valence-corrected chi connectivity index (χ4v) is 3.62. The van der Waals surface area contributed by atoms with Crippen molar-refractivity contribution in [3.05, 3.63) is 68.8 Å². The second-order valence-electron chi connectivity index (χ2n) is 7.78. The average Bonchev–Trinajstić information content (AvgIpc) is 3.34. The maximum absolute atomic E-state index is 13.4. The van der Waals surface area contributed by atoms with Crippen LogP contribution in [-0.2, 0) is 24.3 Å². The molecule has 0 fully saturated rings. The number of methoxy groups -OCH3 is 2. The Morgan fingerprint density at radius 1 is 1.18 bits per heavy atom. The third kappa shape index (κ3) is 5.69. The number of nitrogen functional groups attached to an aromatic ring is 1. The van der Waals surface area contributed by atoms with Crippen molar-refractivity contribution >= 4 is 17.4 Å². The normalized spacial score (nSPS) is 10.8. The third-order valence-electron chi connectivity index (χ3n) is 5.45. The van der Waals surface area contributed by atoms with Gasteiger partial charge in [-0.05, 0) is 42.7 Å². The van der Waals surface area contributed by atoms with Gasteiger partial charge in [-0.25, -0.2) is 4.79 Å². The van der Waals surface area contributed by atoms with Gasteiger partial charge < -0.3 is 19.6 Å². The van der Waals surface area contributed by atoms with Crippen molar-refractivity contribution in [2.45, 2.75) is 45.7 Å². The van der Waals surface area contributed by atoms with E-state index in [1.165, 1.54) is 15.7 Å². The van der Waals surface area contributed by atoms with Crippen molar-refractivity contribution in [1.29, 1.82) is 0 Å². The molecule has 0 spiro atoms. The predicted octanol–water partition coefficient (Wildman–Crippen LogP) is 2.70. The first-order valence-corrected chi connectivity index (χ1v) is 11.0. The number of nitrogens with two attached hydrogens (primary N) is 1. The highest BCUT2D eigenvalue weighted by atomic mass is 16.5. The van der Waals surface area contributed by atoms with E-state index in [4.69, 9.17) is 19.6 Å². The van der Waals surface area contributed by atoms with Crippen molar-refractivity contribution in [2.24, 2.45) is 0 Å². The summed E-state index contributed by atoms with van der Waals surface area (Å²) in [5.41, 5.74) is 5.70. The Hall–Kier alpha value is -3.95. The summed E-state index contributed by atoms with van der Waals surface area (Å²) in [4.78, 5) is 42.1. The van der Waals surface area contributed by atoms with Crippen molar-refractivity contribution in [1.82, 2.24) is 9.55 Å². The van der Waals surface area contributed by atoms with E-state index in [1.807, 2.05) is 19.1 Å². The standard InChI is InChI=1S/C24H30N4O6/c1-4-5-10-27-22(25)21(23(30)26-24(27)31)28(15-17-7-6-11-34-17)20(29)9-8-16-12-18(32-2)14-19(13-16)33-3/h6-7,11-14H,4-5,8-10,15,25H2,1-3H3,(H,26,30,31). The number of furan rings is 1. The van der Waals surface area contributed by atoms with Crippen LogP contribution in [-0.4, -0.2) is 29.7 Å². The molecule has 0 aliphatic heterocycles. The molecule has 0 unspecified atom stereocenters. The zero-order valence-electron chi connectivity index (χ0n) is 19.6. The molecule has 2 heterocycles. The molecule has 3 rings (SSSR count). The van der Waals surface area contributed by atoms with Gasteiger partial charge in [0, 0.05) is 19.0 Å². The summed E-state index contributed by atoms with van der Waals surface area (Å²) in [6, 6.07) is 8.77. The van der Waals surface area contributed by atoms with Gasteiger partial charge in [-0.15, -0.1) is 0 Å². The smallest absolute Gasteiger partial charge is 0.330 e. The highest BCUT2D eigenvalue weighted by Crippen LogP contribution is 2.25. The number of aryl methyl sites for hydroxylation is 1. The lowest BCUT2D eigenvalue weighted by atomic mass is 10.1. The minimum Gasteiger partial charge on any atom is -0.497 e. The van der Waals surface area contributed by atoms with Crippen LogP contribution < -0.4 is 31.4 Å². The van der Waals surface area contributed by atoms with Crippen molar-refractivity contribution in [2.75, 3.05) is 24.9 Å². The van der Waals surface area contributed by atoms with Gasteiger partial charge in [0.15, 0.2) is 5.69 Å². The van der Waals surface area contributed by atoms with Gasteiger partial charge in [0.05, 0.1) is 27.0 Å². The number of nitrogens with one attached hydrogen (secondary N) is 1. The Morgan fingerprint density at radius 3 is 2.47 bits per heavy atom. The zero-order valence-corrected chi connectivity index (χ0v) is 19.6. The van der Waals surface area contributed by atoms with Crippen molar-refractivity contribution in [3.8, 4) is 11.5 Å². The monoisotopic (exact) mass is 470 g/mol. The summed E-state index contributed by atoms with van der Waals surface area (Å²) >= 11 is 0. The number of ether oxygens (including phenoxy) is 2. The second-order valence-corrected chi connectivity index (χ2v) is 7.78. The van der Waals surface area contributed by atoms with Crippen LogP contribution in [0.4, 0.5) is 11.5 Å². The number of H-pyrrole nitrogens is 1. The van der Waals surface area contributed by atoms with Crippen LogP contribution in [0.2, 0.25) is 0 Å². The fourth-order valence-electron chi connectivity index (χ4n) is 3.62. The van der Waals surface area contributed by atoms with Crippen LogP contribution in [0.3, 0.4) is 0 Å². The van der Waals surface area contributed by atoms with Gasteiger partial charge in [-0.3, -0.25) is 24.0 Å². The van der Waals surface area contributed by atoms with Gasteiger partial charge in [-0.2, -0.15) is 0 Å². The molecule has 10 heteroatoms. The first-order chi connectivity index (χ1) is 16.4. The lowest BCUT2D eigenvalue weighted by molar-refractivity contribution is -0.118. The van der Waals surface area contributed by atoms with E-state index in [0.29, 0.717) is 36.6 Å². The van der Waals surface area contributed by atoms with Gasteiger partial charge >= 0.3 is 5.69 Å². The van der Waals surface area contributed by atoms with Crippen LogP contribution in [0.15, 0.2) is 50.6 Å². The Labute approximate surface area is 196 Å². The maximum Gasteiger partial charge on any atom is 0.330 e. The number of carbonyl (C=O) groups excluding carboxylic acids is 1. The van der Waals surface area contributed by atoms with Crippen LogP contribution in [0.25, 0.3) is 0 Å². The lowest BCUT2D eigenvalue weighted by Gasteiger charge is -2.24. The lowest BCUT2D eigenvalue weighted by Crippen LogP contribution is -2.41. The number of amides is 1. The average molecular weight is 471 g/mol. The summed E-state index contributed by atoms with van der Waals surface area (Å²) in [5.74, 6) is 1.29. The number of anilines is 2. The summed E-state index contributed by atoms with van der Waals surface area (Å²) in [6.07, 6.45) is 3.45. The molecule has 0 bridgehead atoms. The molecule has 182 valence electrons. The molecule has 0 radical (unpaired) electrons. The number of aromatic amines is 1. The first-order valence-electron chi connectivity index (χ1n) is 11.0. The molecular weight excluding hydrogens is 440 g/mol. The molecule has 0 aliphatic carbocycles. The molecule has 34 heavy (non-hydrogen) atoms. The van der Waals surface area contributed by atoms with Crippen molar-refractivity contribution in [3.63, 3.8) is 0 Å².